The molecule has 164 valence electrons. The van der Waals surface area contributed by atoms with Gasteiger partial charge in [-0.15, -0.1) is 0 Å². The van der Waals surface area contributed by atoms with E-state index in [4.69, 9.17) is 18.9 Å². The van der Waals surface area contributed by atoms with Gasteiger partial charge in [-0.05, 0) is 72.9 Å². The second-order valence-electron chi connectivity index (χ2n) is 8.20. The summed E-state index contributed by atoms with van der Waals surface area (Å²) in [6.45, 7) is 2.26. The number of amides is 1. The summed E-state index contributed by atoms with van der Waals surface area (Å²) in [5, 5.41) is 3.13. The molecule has 3 aromatic carbocycles. The van der Waals surface area contributed by atoms with Crippen LogP contribution in [0.25, 0.3) is 11.1 Å². The van der Waals surface area contributed by atoms with E-state index in [0.29, 0.717) is 5.75 Å². The lowest BCUT2D eigenvalue weighted by molar-refractivity contribution is -0.118. The van der Waals surface area contributed by atoms with E-state index in [-0.39, 0.29) is 12.7 Å². The molecule has 0 unspecified atom stereocenters. The Balaban J connectivity index is 1.43. The van der Waals surface area contributed by atoms with Gasteiger partial charge in [-0.25, -0.2) is 0 Å². The molecule has 0 aromatic heterocycles. The van der Waals surface area contributed by atoms with Crippen LogP contribution in [0.2, 0.25) is 0 Å². The van der Waals surface area contributed by atoms with Crippen LogP contribution in [-0.4, -0.2) is 26.9 Å². The van der Waals surface area contributed by atoms with Crippen molar-refractivity contribution in [2.24, 2.45) is 0 Å². The van der Waals surface area contributed by atoms with Crippen LogP contribution in [0.3, 0.4) is 0 Å². The number of carbonyl (C=O) groups excluding carboxylic acids is 1. The first-order valence-corrected chi connectivity index (χ1v) is 10.6. The van der Waals surface area contributed by atoms with Gasteiger partial charge in [-0.2, -0.15) is 0 Å². The number of ether oxygens (including phenoxy) is 4. The molecule has 0 spiro atoms. The topological polar surface area (TPSA) is 66.0 Å². The molecule has 0 atom stereocenters. The first-order chi connectivity index (χ1) is 15.5. The zero-order valence-corrected chi connectivity index (χ0v) is 18.4. The van der Waals surface area contributed by atoms with Crippen molar-refractivity contribution >= 4 is 11.6 Å². The van der Waals surface area contributed by atoms with Crippen molar-refractivity contribution in [3.8, 4) is 34.1 Å². The van der Waals surface area contributed by atoms with E-state index in [2.05, 4.69) is 5.32 Å². The summed E-state index contributed by atoms with van der Waals surface area (Å²) in [5.74, 6) is 2.86. The molecule has 1 N–H and O–H groups in total. The monoisotopic (exact) mass is 431 g/mol. The quantitative estimate of drug-likeness (QED) is 0.590. The number of methoxy groups -OCH3 is 2. The normalized spacial score (nSPS) is 15.2. The molecule has 1 aliphatic carbocycles. The maximum absolute atomic E-state index is 13.3. The van der Waals surface area contributed by atoms with Crippen LogP contribution in [0, 0.1) is 6.92 Å². The minimum Gasteiger partial charge on any atom is -0.497 e. The van der Waals surface area contributed by atoms with Gasteiger partial charge in [0.2, 0.25) is 12.7 Å². The number of anilines is 1. The van der Waals surface area contributed by atoms with Crippen LogP contribution in [0.15, 0.2) is 54.6 Å². The van der Waals surface area contributed by atoms with Crippen molar-refractivity contribution in [1.29, 1.82) is 0 Å². The van der Waals surface area contributed by atoms with Crippen molar-refractivity contribution in [2.45, 2.75) is 25.2 Å². The Kier molecular flexibility index (Phi) is 4.93. The summed E-state index contributed by atoms with van der Waals surface area (Å²) in [5.41, 5.74) is 4.21. The molecular weight excluding hydrogens is 406 g/mol. The van der Waals surface area contributed by atoms with E-state index in [1.165, 1.54) is 0 Å². The Morgan fingerprint density at radius 2 is 1.72 bits per heavy atom. The van der Waals surface area contributed by atoms with Crippen LogP contribution in [0.1, 0.15) is 24.0 Å². The second-order valence-corrected chi connectivity index (χ2v) is 8.20. The van der Waals surface area contributed by atoms with Crippen LogP contribution in [-0.2, 0) is 10.2 Å². The van der Waals surface area contributed by atoms with E-state index in [0.717, 1.165) is 58.0 Å². The van der Waals surface area contributed by atoms with Gasteiger partial charge in [0.15, 0.2) is 11.5 Å². The summed E-state index contributed by atoms with van der Waals surface area (Å²) in [7, 11) is 3.27. The number of hydrogen-bond donors (Lipinski definition) is 1. The number of fused-ring (bicyclic) bond motifs is 1. The molecule has 5 rings (SSSR count). The number of hydrogen-bond acceptors (Lipinski definition) is 5. The fraction of sp³-hybridized carbons (Fsp3) is 0.269. The predicted molar refractivity (Wildman–Crippen MR) is 122 cm³/mol. The Labute approximate surface area is 187 Å². The SMILES string of the molecule is COc1ccc(-c2cc(NC(=O)C3(c4ccc5c(c4)OCO5)CC3)ccc2C)c(OC)c1. The van der Waals surface area contributed by atoms with Crippen molar-refractivity contribution in [1.82, 2.24) is 0 Å². The molecule has 1 fully saturated rings. The number of nitrogens with one attached hydrogen (secondary N) is 1. The summed E-state index contributed by atoms with van der Waals surface area (Å²) < 4.78 is 21.8. The first-order valence-electron chi connectivity index (χ1n) is 10.6. The van der Waals surface area contributed by atoms with Gasteiger partial charge < -0.3 is 24.3 Å². The third-order valence-corrected chi connectivity index (χ3v) is 6.30. The molecular formula is C26H25NO5. The molecule has 2 aliphatic rings. The molecule has 32 heavy (non-hydrogen) atoms. The molecule has 1 amide bonds. The zero-order valence-electron chi connectivity index (χ0n) is 18.4. The Morgan fingerprint density at radius 3 is 2.47 bits per heavy atom. The highest BCUT2D eigenvalue weighted by Crippen LogP contribution is 2.51. The predicted octanol–water partition coefficient (Wildman–Crippen LogP) is 5.08. The van der Waals surface area contributed by atoms with Crippen molar-refractivity contribution < 1.29 is 23.7 Å². The van der Waals surface area contributed by atoms with Gasteiger partial charge >= 0.3 is 0 Å². The van der Waals surface area contributed by atoms with E-state index < -0.39 is 5.41 Å². The van der Waals surface area contributed by atoms with Crippen LogP contribution < -0.4 is 24.3 Å². The summed E-state index contributed by atoms with van der Waals surface area (Å²) in [6, 6.07) is 17.4. The van der Waals surface area contributed by atoms with E-state index in [1.54, 1.807) is 14.2 Å². The van der Waals surface area contributed by atoms with Gasteiger partial charge in [0.1, 0.15) is 11.5 Å². The lowest BCUT2D eigenvalue weighted by Gasteiger charge is -2.18. The van der Waals surface area contributed by atoms with E-state index in [1.807, 2.05) is 61.5 Å². The highest BCUT2D eigenvalue weighted by atomic mass is 16.7. The summed E-state index contributed by atoms with van der Waals surface area (Å²) in [6.07, 6.45) is 1.62. The van der Waals surface area contributed by atoms with Crippen molar-refractivity contribution in [2.75, 3.05) is 26.3 Å². The maximum atomic E-state index is 13.3. The zero-order chi connectivity index (χ0) is 22.3. The molecule has 1 saturated carbocycles. The van der Waals surface area contributed by atoms with Crippen LogP contribution >= 0.6 is 0 Å². The van der Waals surface area contributed by atoms with Gasteiger partial charge in [-0.3, -0.25) is 4.79 Å². The molecule has 0 radical (unpaired) electrons. The molecule has 6 nitrogen and oxygen atoms in total. The van der Waals surface area contributed by atoms with Gasteiger partial charge in [0.05, 0.1) is 19.6 Å². The van der Waals surface area contributed by atoms with Gasteiger partial charge in [0.25, 0.3) is 0 Å². The number of carbonyl (C=O) groups is 1. The minimum absolute atomic E-state index is 0.00661. The standard InChI is InChI=1S/C26H25NO5/c1-16-4-6-18(13-21(16)20-8-7-19(29-2)14-23(20)30-3)27-25(28)26(10-11-26)17-5-9-22-24(12-17)32-15-31-22/h4-9,12-14H,10-11,15H2,1-3H3,(H,27,28). The van der Waals surface area contributed by atoms with E-state index in [9.17, 15) is 4.79 Å². The Hall–Kier alpha value is -3.67. The smallest absolute Gasteiger partial charge is 0.235 e. The first kappa shape index (κ1) is 20.2. The third kappa shape index (κ3) is 3.42. The van der Waals surface area contributed by atoms with Crippen LogP contribution in [0.5, 0.6) is 23.0 Å². The highest BCUT2D eigenvalue weighted by molar-refractivity contribution is 6.02. The highest BCUT2D eigenvalue weighted by Gasteiger charge is 2.51. The number of aryl methyl sites for hydroxylation is 1. The lowest BCUT2D eigenvalue weighted by atomic mass is 9.94. The van der Waals surface area contributed by atoms with Crippen molar-refractivity contribution in [3.05, 3.63) is 65.7 Å². The largest absolute Gasteiger partial charge is 0.497 e. The second kappa shape index (κ2) is 7.79. The van der Waals surface area contributed by atoms with Crippen molar-refractivity contribution in [3.63, 3.8) is 0 Å². The molecule has 6 heteroatoms. The number of benzene rings is 3. The average molecular weight is 431 g/mol. The molecule has 1 aliphatic heterocycles. The molecule has 0 saturated heterocycles. The number of rotatable bonds is 6. The summed E-state index contributed by atoms with van der Waals surface area (Å²) in [4.78, 5) is 13.3. The lowest BCUT2D eigenvalue weighted by Crippen LogP contribution is -2.27. The average Bonchev–Trinajstić information content (AvgIpc) is 3.50. The van der Waals surface area contributed by atoms with Gasteiger partial charge in [0, 0.05) is 17.3 Å². The summed E-state index contributed by atoms with van der Waals surface area (Å²) >= 11 is 0. The fourth-order valence-corrected chi connectivity index (χ4v) is 4.23. The Bertz CT molecular complexity index is 1200. The van der Waals surface area contributed by atoms with Gasteiger partial charge in [-0.1, -0.05) is 12.1 Å². The fourth-order valence-electron chi connectivity index (χ4n) is 4.23. The Morgan fingerprint density at radius 1 is 0.906 bits per heavy atom. The molecule has 1 heterocycles. The third-order valence-electron chi connectivity index (χ3n) is 6.30. The minimum atomic E-state index is -0.524. The molecule has 0 bridgehead atoms. The van der Waals surface area contributed by atoms with E-state index >= 15 is 0 Å². The molecule has 3 aromatic rings. The maximum Gasteiger partial charge on any atom is 0.235 e. The van der Waals surface area contributed by atoms with Crippen LogP contribution in [0.4, 0.5) is 5.69 Å².